The van der Waals surface area contributed by atoms with E-state index in [4.69, 9.17) is 4.74 Å². The summed E-state index contributed by atoms with van der Waals surface area (Å²) in [5.41, 5.74) is 2.77. The second kappa shape index (κ2) is 6.78. The highest BCUT2D eigenvalue weighted by molar-refractivity contribution is 5.77. The molecule has 3 nitrogen and oxygen atoms in total. The molecule has 0 fully saturated rings. The molecule has 0 heterocycles. The lowest BCUT2D eigenvalue weighted by molar-refractivity contribution is -0.123. The fourth-order valence-corrected chi connectivity index (χ4v) is 2.98. The van der Waals surface area contributed by atoms with Crippen LogP contribution in [0.25, 0.3) is 0 Å². The van der Waals surface area contributed by atoms with Gasteiger partial charge in [-0.15, -0.1) is 0 Å². The summed E-state index contributed by atoms with van der Waals surface area (Å²) in [6, 6.07) is 6.33. The van der Waals surface area contributed by atoms with Crippen molar-refractivity contribution in [3.8, 4) is 5.75 Å². The zero-order valence-corrected chi connectivity index (χ0v) is 12.7. The predicted molar refractivity (Wildman–Crippen MR) is 81.1 cm³/mol. The highest BCUT2D eigenvalue weighted by Crippen LogP contribution is 2.38. The maximum Gasteiger partial charge on any atom is 0.222 e. The summed E-state index contributed by atoms with van der Waals surface area (Å²) in [7, 11) is 1.74. The van der Waals surface area contributed by atoms with Crippen LogP contribution in [0.4, 0.5) is 0 Å². The van der Waals surface area contributed by atoms with Crippen LogP contribution in [0.15, 0.2) is 18.2 Å². The van der Waals surface area contributed by atoms with Crippen molar-refractivity contribution in [2.75, 3.05) is 13.7 Å². The Morgan fingerprint density at radius 3 is 2.95 bits per heavy atom. The lowest BCUT2D eigenvalue weighted by atomic mass is 9.80. The lowest BCUT2D eigenvalue weighted by Gasteiger charge is -2.27. The molecule has 0 spiro atoms. The van der Waals surface area contributed by atoms with E-state index in [1.165, 1.54) is 24.0 Å². The largest absolute Gasteiger partial charge is 0.496 e. The minimum absolute atomic E-state index is 0.0636. The molecular weight excluding hydrogens is 250 g/mol. The molecule has 0 aliphatic heterocycles. The van der Waals surface area contributed by atoms with Crippen LogP contribution in [0, 0.1) is 5.92 Å². The topological polar surface area (TPSA) is 38.3 Å². The third kappa shape index (κ3) is 3.33. The van der Waals surface area contributed by atoms with E-state index in [-0.39, 0.29) is 11.8 Å². The van der Waals surface area contributed by atoms with Gasteiger partial charge in [0.1, 0.15) is 5.75 Å². The standard InChI is InChI=1S/C17H25NO2/c1-12(2)17(19)18-11-10-13-6-4-8-15-14(13)7-5-9-16(15)20-3/h5,7,9,12-13H,4,6,8,10-11H2,1-3H3,(H,18,19). The van der Waals surface area contributed by atoms with Crippen molar-refractivity contribution in [1.29, 1.82) is 0 Å². The molecule has 0 bridgehead atoms. The summed E-state index contributed by atoms with van der Waals surface area (Å²) in [6.07, 6.45) is 4.53. The SMILES string of the molecule is COc1cccc2c1CCCC2CCNC(=O)C(C)C. The Kier molecular flexibility index (Phi) is 5.05. The first-order valence-corrected chi connectivity index (χ1v) is 7.57. The molecule has 0 saturated heterocycles. The molecule has 0 radical (unpaired) electrons. The van der Waals surface area contributed by atoms with Crippen LogP contribution in [0.2, 0.25) is 0 Å². The van der Waals surface area contributed by atoms with Gasteiger partial charge in [0.15, 0.2) is 0 Å². The van der Waals surface area contributed by atoms with Gasteiger partial charge in [-0.2, -0.15) is 0 Å². The van der Waals surface area contributed by atoms with Gasteiger partial charge in [-0.3, -0.25) is 4.79 Å². The molecule has 1 aromatic carbocycles. The van der Waals surface area contributed by atoms with Gasteiger partial charge in [-0.05, 0) is 48.8 Å². The highest BCUT2D eigenvalue weighted by Gasteiger charge is 2.22. The zero-order chi connectivity index (χ0) is 14.5. The Bertz CT molecular complexity index is 468. The van der Waals surface area contributed by atoms with Crippen LogP contribution in [-0.2, 0) is 11.2 Å². The van der Waals surface area contributed by atoms with Gasteiger partial charge >= 0.3 is 0 Å². The minimum atomic E-state index is 0.0636. The Balaban J connectivity index is 2.00. The second-order valence-corrected chi connectivity index (χ2v) is 5.85. The van der Waals surface area contributed by atoms with Crippen LogP contribution < -0.4 is 10.1 Å². The van der Waals surface area contributed by atoms with E-state index < -0.39 is 0 Å². The van der Waals surface area contributed by atoms with Gasteiger partial charge in [0.25, 0.3) is 0 Å². The Labute approximate surface area is 121 Å². The van der Waals surface area contributed by atoms with Crippen molar-refractivity contribution < 1.29 is 9.53 Å². The van der Waals surface area contributed by atoms with Gasteiger partial charge in [0, 0.05) is 12.5 Å². The average Bonchev–Trinajstić information content (AvgIpc) is 2.46. The molecule has 1 atom stereocenters. The quantitative estimate of drug-likeness (QED) is 0.895. The van der Waals surface area contributed by atoms with Crippen molar-refractivity contribution in [1.82, 2.24) is 5.32 Å². The molecule has 1 aliphatic rings. The Hall–Kier alpha value is -1.51. The van der Waals surface area contributed by atoms with Crippen molar-refractivity contribution in [2.45, 2.75) is 45.4 Å². The Morgan fingerprint density at radius 1 is 1.45 bits per heavy atom. The summed E-state index contributed by atoms with van der Waals surface area (Å²) in [5, 5.41) is 3.02. The third-order valence-corrected chi connectivity index (χ3v) is 4.12. The number of fused-ring (bicyclic) bond motifs is 1. The fraction of sp³-hybridized carbons (Fsp3) is 0.588. The molecular formula is C17H25NO2. The van der Waals surface area contributed by atoms with Crippen LogP contribution in [0.1, 0.15) is 50.2 Å². The average molecular weight is 275 g/mol. The molecule has 1 amide bonds. The van der Waals surface area contributed by atoms with Crippen molar-refractivity contribution in [2.24, 2.45) is 5.92 Å². The van der Waals surface area contributed by atoms with Gasteiger partial charge in [-0.1, -0.05) is 26.0 Å². The molecule has 110 valence electrons. The number of carbonyl (C=O) groups is 1. The summed E-state index contributed by atoms with van der Waals surface area (Å²) in [4.78, 5) is 11.6. The predicted octanol–water partition coefficient (Wildman–Crippen LogP) is 3.28. The van der Waals surface area contributed by atoms with Crippen molar-refractivity contribution in [3.63, 3.8) is 0 Å². The normalized spacial score (nSPS) is 17.7. The maximum absolute atomic E-state index is 11.6. The highest BCUT2D eigenvalue weighted by atomic mass is 16.5. The number of carbonyl (C=O) groups excluding carboxylic acids is 1. The summed E-state index contributed by atoms with van der Waals surface area (Å²) >= 11 is 0. The monoisotopic (exact) mass is 275 g/mol. The lowest BCUT2D eigenvalue weighted by Crippen LogP contribution is -2.29. The van der Waals surface area contributed by atoms with E-state index in [2.05, 4.69) is 17.4 Å². The number of hydrogen-bond acceptors (Lipinski definition) is 2. The van der Waals surface area contributed by atoms with Crippen LogP contribution in [-0.4, -0.2) is 19.6 Å². The molecule has 0 aromatic heterocycles. The number of benzene rings is 1. The van der Waals surface area contributed by atoms with Gasteiger partial charge in [-0.25, -0.2) is 0 Å². The van der Waals surface area contributed by atoms with E-state index >= 15 is 0 Å². The molecule has 0 saturated carbocycles. The summed E-state index contributed by atoms with van der Waals surface area (Å²) in [5.74, 6) is 1.76. The second-order valence-electron chi connectivity index (χ2n) is 5.85. The molecule has 1 unspecified atom stereocenters. The van der Waals surface area contributed by atoms with Gasteiger partial charge in [0.05, 0.1) is 7.11 Å². The van der Waals surface area contributed by atoms with E-state index in [1.54, 1.807) is 7.11 Å². The minimum Gasteiger partial charge on any atom is -0.496 e. The van der Waals surface area contributed by atoms with Gasteiger partial charge < -0.3 is 10.1 Å². The number of nitrogens with one attached hydrogen (secondary N) is 1. The van der Waals surface area contributed by atoms with Gasteiger partial charge in [0.2, 0.25) is 5.91 Å². The van der Waals surface area contributed by atoms with E-state index in [0.717, 1.165) is 25.1 Å². The summed E-state index contributed by atoms with van der Waals surface area (Å²) < 4.78 is 5.47. The maximum atomic E-state index is 11.6. The third-order valence-electron chi connectivity index (χ3n) is 4.12. The van der Waals surface area contributed by atoms with Crippen molar-refractivity contribution >= 4 is 5.91 Å². The molecule has 1 N–H and O–H groups in total. The van der Waals surface area contributed by atoms with Crippen LogP contribution in [0.5, 0.6) is 5.75 Å². The molecule has 3 heteroatoms. The number of hydrogen-bond donors (Lipinski definition) is 1. The summed E-state index contributed by atoms with van der Waals surface area (Å²) in [6.45, 7) is 4.62. The number of amides is 1. The molecule has 1 aliphatic carbocycles. The molecule has 2 rings (SSSR count). The Morgan fingerprint density at radius 2 is 2.25 bits per heavy atom. The number of rotatable bonds is 5. The molecule has 1 aromatic rings. The van der Waals surface area contributed by atoms with E-state index in [0.29, 0.717) is 5.92 Å². The molecule has 20 heavy (non-hydrogen) atoms. The smallest absolute Gasteiger partial charge is 0.222 e. The number of ether oxygens (including phenoxy) is 1. The first-order chi connectivity index (χ1) is 9.63. The first kappa shape index (κ1) is 14.9. The first-order valence-electron chi connectivity index (χ1n) is 7.57. The zero-order valence-electron chi connectivity index (χ0n) is 12.7. The van der Waals surface area contributed by atoms with Crippen molar-refractivity contribution in [3.05, 3.63) is 29.3 Å². The van der Waals surface area contributed by atoms with E-state index in [9.17, 15) is 4.79 Å². The fourth-order valence-electron chi connectivity index (χ4n) is 2.98. The van der Waals surface area contributed by atoms with Crippen LogP contribution >= 0.6 is 0 Å². The van der Waals surface area contributed by atoms with Crippen LogP contribution in [0.3, 0.4) is 0 Å². The number of methoxy groups -OCH3 is 1. The van der Waals surface area contributed by atoms with E-state index in [1.807, 2.05) is 19.9 Å².